The van der Waals surface area contributed by atoms with Gasteiger partial charge in [-0.05, 0) is 76.2 Å². The van der Waals surface area contributed by atoms with Crippen LogP contribution in [0.3, 0.4) is 0 Å². The van der Waals surface area contributed by atoms with E-state index in [0.717, 1.165) is 63.6 Å². The van der Waals surface area contributed by atoms with Crippen LogP contribution in [-0.2, 0) is 0 Å². The largest absolute Gasteiger partial charge is 0.497 e. The monoisotopic (exact) mass is 388 g/mol. The molecule has 1 saturated carbocycles. The third-order valence-electron chi connectivity index (χ3n) is 5.89. The first-order valence-electron chi connectivity index (χ1n) is 10.8. The van der Waals surface area contributed by atoms with Gasteiger partial charge in [0.2, 0.25) is 0 Å². The Kier molecular flexibility index (Phi) is 7.98. The van der Waals surface area contributed by atoms with Gasteiger partial charge < -0.3 is 20.5 Å². The van der Waals surface area contributed by atoms with Crippen LogP contribution in [0.25, 0.3) is 0 Å². The number of hydrogen-bond acceptors (Lipinski definition) is 4. The molecule has 1 aliphatic carbocycles. The van der Waals surface area contributed by atoms with Crippen LogP contribution < -0.4 is 15.4 Å². The number of rotatable bonds is 7. The van der Waals surface area contributed by atoms with Crippen LogP contribution in [0.2, 0.25) is 0 Å². The van der Waals surface area contributed by atoms with Gasteiger partial charge in [0.15, 0.2) is 5.96 Å². The topological polar surface area (TPSA) is 69.1 Å². The number of aliphatic imine (C=N–C) groups is 1. The Bertz CT molecular complexity index is 605. The SMILES string of the molecule is CCNC(=NCC(c1ccc(OC)cc1)N1CCCC1)NC1CCC(O)CC1. The zero-order valence-electron chi connectivity index (χ0n) is 17.4. The van der Waals surface area contributed by atoms with Crippen molar-refractivity contribution in [3.8, 4) is 5.75 Å². The number of likely N-dealkylation sites (tertiary alicyclic amines) is 1. The van der Waals surface area contributed by atoms with Crippen LogP contribution in [0, 0.1) is 0 Å². The number of aliphatic hydroxyl groups excluding tert-OH is 1. The number of methoxy groups -OCH3 is 1. The summed E-state index contributed by atoms with van der Waals surface area (Å²) in [6.07, 6.45) is 6.14. The van der Waals surface area contributed by atoms with E-state index in [0.29, 0.717) is 6.04 Å². The molecule has 1 aliphatic heterocycles. The predicted molar refractivity (Wildman–Crippen MR) is 114 cm³/mol. The van der Waals surface area contributed by atoms with Crippen molar-refractivity contribution in [1.29, 1.82) is 0 Å². The number of nitrogens with one attached hydrogen (secondary N) is 2. The van der Waals surface area contributed by atoms with E-state index in [-0.39, 0.29) is 12.1 Å². The maximum absolute atomic E-state index is 9.74. The van der Waals surface area contributed by atoms with Crippen molar-refractivity contribution in [2.75, 3.05) is 33.3 Å². The number of nitrogens with zero attached hydrogens (tertiary/aromatic N) is 2. The van der Waals surface area contributed by atoms with E-state index in [1.807, 2.05) is 12.1 Å². The standard InChI is InChI=1S/C22H36N4O2/c1-3-23-22(25-18-8-10-19(27)11-9-18)24-16-21(26-14-4-5-15-26)17-6-12-20(28-2)13-7-17/h6-7,12-13,18-19,21,27H,3-5,8-11,14-16H2,1-2H3,(H2,23,24,25). The minimum Gasteiger partial charge on any atom is -0.497 e. The maximum Gasteiger partial charge on any atom is 0.191 e. The van der Waals surface area contributed by atoms with Gasteiger partial charge in [-0.1, -0.05) is 12.1 Å². The van der Waals surface area contributed by atoms with Crippen molar-refractivity contribution in [2.45, 2.75) is 63.6 Å². The van der Waals surface area contributed by atoms with Crippen LogP contribution in [0.4, 0.5) is 0 Å². The van der Waals surface area contributed by atoms with E-state index in [1.165, 1.54) is 18.4 Å². The van der Waals surface area contributed by atoms with Crippen LogP contribution >= 0.6 is 0 Å². The summed E-state index contributed by atoms with van der Waals surface area (Å²) in [5.41, 5.74) is 1.29. The second-order valence-electron chi connectivity index (χ2n) is 7.90. The van der Waals surface area contributed by atoms with Gasteiger partial charge in [-0.15, -0.1) is 0 Å². The van der Waals surface area contributed by atoms with Gasteiger partial charge in [-0.25, -0.2) is 0 Å². The molecule has 0 amide bonds. The maximum atomic E-state index is 9.74. The fourth-order valence-electron chi connectivity index (χ4n) is 4.22. The molecule has 1 unspecified atom stereocenters. The smallest absolute Gasteiger partial charge is 0.191 e. The van der Waals surface area contributed by atoms with Crippen LogP contribution in [-0.4, -0.2) is 61.4 Å². The molecule has 6 heteroatoms. The van der Waals surface area contributed by atoms with Crippen molar-refractivity contribution < 1.29 is 9.84 Å². The molecule has 28 heavy (non-hydrogen) atoms. The first kappa shape index (κ1) is 20.9. The lowest BCUT2D eigenvalue weighted by Gasteiger charge is -2.29. The molecule has 6 nitrogen and oxygen atoms in total. The van der Waals surface area contributed by atoms with Crippen molar-refractivity contribution >= 4 is 5.96 Å². The molecule has 0 spiro atoms. The minimum atomic E-state index is -0.132. The van der Waals surface area contributed by atoms with Crippen molar-refractivity contribution in [1.82, 2.24) is 15.5 Å². The molecule has 0 aromatic heterocycles. The van der Waals surface area contributed by atoms with Gasteiger partial charge in [-0.3, -0.25) is 9.89 Å². The Hall–Kier alpha value is -1.79. The quantitative estimate of drug-likeness (QED) is 0.495. The van der Waals surface area contributed by atoms with Gasteiger partial charge in [0, 0.05) is 12.6 Å². The summed E-state index contributed by atoms with van der Waals surface area (Å²) in [6, 6.07) is 9.10. The van der Waals surface area contributed by atoms with Gasteiger partial charge >= 0.3 is 0 Å². The van der Waals surface area contributed by atoms with Gasteiger partial charge in [0.25, 0.3) is 0 Å². The third kappa shape index (κ3) is 5.85. The van der Waals surface area contributed by atoms with E-state index < -0.39 is 0 Å². The molecule has 1 aromatic rings. The molecule has 2 aliphatic rings. The van der Waals surface area contributed by atoms with Crippen LogP contribution in [0.5, 0.6) is 5.75 Å². The highest BCUT2D eigenvalue weighted by molar-refractivity contribution is 5.80. The number of guanidine groups is 1. The second kappa shape index (κ2) is 10.7. The highest BCUT2D eigenvalue weighted by Gasteiger charge is 2.24. The normalized spacial score (nSPS) is 24.8. The van der Waals surface area contributed by atoms with Crippen molar-refractivity contribution in [3.63, 3.8) is 0 Å². The number of ether oxygens (including phenoxy) is 1. The Morgan fingerprint density at radius 1 is 1.18 bits per heavy atom. The second-order valence-corrected chi connectivity index (χ2v) is 7.90. The number of benzene rings is 1. The molecule has 0 bridgehead atoms. The molecule has 1 saturated heterocycles. The fourth-order valence-corrected chi connectivity index (χ4v) is 4.22. The lowest BCUT2D eigenvalue weighted by molar-refractivity contribution is 0.120. The van der Waals surface area contributed by atoms with E-state index >= 15 is 0 Å². The molecule has 3 rings (SSSR count). The van der Waals surface area contributed by atoms with E-state index in [4.69, 9.17) is 9.73 Å². The van der Waals surface area contributed by atoms with Crippen LogP contribution in [0.15, 0.2) is 29.3 Å². The van der Waals surface area contributed by atoms with Crippen molar-refractivity contribution in [2.24, 2.45) is 4.99 Å². The summed E-state index contributed by atoms with van der Waals surface area (Å²) in [4.78, 5) is 7.50. The molecule has 1 heterocycles. The predicted octanol–water partition coefficient (Wildman–Crippen LogP) is 2.69. The highest BCUT2D eigenvalue weighted by atomic mass is 16.5. The molecule has 1 atom stereocenters. The van der Waals surface area contributed by atoms with E-state index in [9.17, 15) is 5.11 Å². The summed E-state index contributed by atoms with van der Waals surface area (Å²) in [5.74, 6) is 1.78. The number of hydrogen-bond donors (Lipinski definition) is 3. The van der Waals surface area contributed by atoms with Gasteiger partial charge in [0.1, 0.15) is 5.75 Å². The highest BCUT2D eigenvalue weighted by Crippen LogP contribution is 2.27. The molecule has 2 fully saturated rings. The summed E-state index contributed by atoms with van der Waals surface area (Å²) in [7, 11) is 1.70. The van der Waals surface area contributed by atoms with Gasteiger partial charge in [0.05, 0.1) is 25.8 Å². The Morgan fingerprint density at radius 2 is 1.86 bits per heavy atom. The molecular weight excluding hydrogens is 352 g/mol. The summed E-state index contributed by atoms with van der Waals surface area (Å²) < 4.78 is 5.32. The lowest BCUT2D eigenvalue weighted by Crippen LogP contribution is -2.45. The summed E-state index contributed by atoms with van der Waals surface area (Å²) >= 11 is 0. The molecule has 1 aromatic carbocycles. The fraction of sp³-hybridized carbons (Fsp3) is 0.682. The Morgan fingerprint density at radius 3 is 2.46 bits per heavy atom. The molecular formula is C22H36N4O2. The third-order valence-corrected chi connectivity index (χ3v) is 5.89. The lowest BCUT2D eigenvalue weighted by atomic mass is 9.93. The average molecular weight is 389 g/mol. The van der Waals surface area contributed by atoms with Gasteiger partial charge in [-0.2, -0.15) is 0 Å². The average Bonchev–Trinajstić information content (AvgIpc) is 3.25. The zero-order valence-corrected chi connectivity index (χ0v) is 17.4. The summed E-state index contributed by atoms with van der Waals surface area (Å²) in [5, 5.41) is 16.7. The number of aliphatic hydroxyl groups is 1. The first-order valence-corrected chi connectivity index (χ1v) is 10.8. The van der Waals surface area contributed by atoms with E-state index in [2.05, 4.69) is 34.6 Å². The Labute approximate surface area is 169 Å². The molecule has 0 radical (unpaired) electrons. The Balaban J connectivity index is 1.69. The zero-order chi connectivity index (χ0) is 19.8. The molecule has 156 valence electrons. The van der Waals surface area contributed by atoms with Crippen molar-refractivity contribution in [3.05, 3.63) is 29.8 Å². The van der Waals surface area contributed by atoms with E-state index in [1.54, 1.807) is 7.11 Å². The first-order chi connectivity index (χ1) is 13.7. The minimum absolute atomic E-state index is 0.132. The molecule has 3 N–H and O–H groups in total. The summed E-state index contributed by atoms with van der Waals surface area (Å²) in [6.45, 7) is 5.95. The van der Waals surface area contributed by atoms with Crippen LogP contribution in [0.1, 0.15) is 57.1 Å².